The summed E-state index contributed by atoms with van der Waals surface area (Å²) in [6.07, 6.45) is 4.26. The Hall–Kier alpha value is -1.16. The van der Waals surface area contributed by atoms with Crippen molar-refractivity contribution in [3.63, 3.8) is 0 Å². The zero-order valence-corrected chi connectivity index (χ0v) is 11.0. The van der Waals surface area contributed by atoms with Gasteiger partial charge in [-0.1, -0.05) is 13.8 Å². The van der Waals surface area contributed by atoms with Crippen LogP contribution in [0.5, 0.6) is 0 Å². The van der Waals surface area contributed by atoms with Crippen molar-refractivity contribution in [2.45, 2.75) is 40.2 Å². The van der Waals surface area contributed by atoms with Crippen molar-refractivity contribution >= 4 is 5.95 Å². The Morgan fingerprint density at radius 2 is 2.00 bits per heavy atom. The summed E-state index contributed by atoms with van der Waals surface area (Å²) < 4.78 is 0. The van der Waals surface area contributed by atoms with Crippen LogP contribution in [0.4, 0.5) is 5.95 Å². The first kappa shape index (κ1) is 12.3. The number of nitrogens with two attached hydrogens (primary N) is 1. The summed E-state index contributed by atoms with van der Waals surface area (Å²) in [5, 5.41) is 0. The molecule has 0 aliphatic carbocycles. The monoisotopic (exact) mass is 234 g/mol. The lowest BCUT2D eigenvalue weighted by atomic mass is 9.83. The van der Waals surface area contributed by atoms with Gasteiger partial charge in [-0.25, -0.2) is 9.97 Å². The van der Waals surface area contributed by atoms with Crippen LogP contribution in [-0.2, 0) is 6.54 Å². The van der Waals surface area contributed by atoms with Gasteiger partial charge in [0.2, 0.25) is 5.95 Å². The fourth-order valence-corrected chi connectivity index (χ4v) is 2.14. The number of piperidine rings is 1. The number of aryl methyl sites for hydroxylation is 1. The summed E-state index contributed by atoms with van der Waals surface area (Å²) in [5.41, 5.74) is 8.12. The van der Waals surface area contributed by atoms with Crippen molar-refractivity contribution in [2.75, 3.05) is 18.0 Å². The quantitative estimate of drug-likeness (QED) is 0.848. The molecule has 1 fully saturated rings. The fraction of sp³-hybridized carbons (Fsp3) is 0.692. The maximum absolute atomic E-state index is 5.62. The second kappa shape index (κ2) is 4.61. The van der Waals surface area contributed by atoms with Crippen molar-refractivity contribution in [1.29, 1.82) is 0 Å². The minimum atomic E-state index is 0.461. The van der Waals surface area contributed by atoms with Crippen LogP contribution >= 0.6 is 0 Å². The Bertz CT molecular complexity index is 390. The van der Waals surface area contributed by atoms with Crippen LogP contribution in [0.15, 0.2) is 6.20 Å². The minimum Gasteiger partial charge on any atom is -0.341 e. The highest BCUT2D eigenvalue weighted by molar-refractivity contribution is 5.33. The average Bonchev–Trinajstić information content (AvgIpc) is 2.29. The molecule has 2 rings (SSSR count). The van der Waals surface area contributed by atoms with E-state index in [0.717, 1.165) is 30.3 Å². The Balaban J connectivity index is 2.11. The molecule has 0 atom stereocenters. The number of anilines is 1. The average molecular weight is 234 g/mol. The molecule has 1 aromatic heterocycles. The van der Waals surface area contributed by atoms with E-state index in [9.17, 15) is 0 Å². The first-order chi connectivity index (χ1) is 8.02. The van der Waals surface area contributed by atoms with Crippen LogP contribution in [0.2, 0.25) is 0 Å². The third-order valence-corrected chi connectivity index (χ3v) is 3.69. The highest BCUT2D eigenvalue weighted by atomic mass is 15.3. The Labute approximate surface area is 103 Å². The number of rotatable bonds is 2. The van der Waals surface area contributed by atoms with Gasteiger partial charge in [0.05, 0.1) is 0 Å². The molecule has 0 aromatic carbocycles. The normalized spacial score (nSPS) is 19.4. The summed E-state index contributed by atoms with van der Waals surface area (Å²) in [4.78, 5) is 11.2. The van der Waals surface area contributed by atoms with Gasteiger partial charge in [-0.15, -0.1) is 0 Å². The molecule has 2 heterocycles. The van der Waals surface area contributed by atoms with Crippen LogP contribution in [0.1, 0.15) is 37.9 Å². The van der Waals surface area contributed by atoms with Crippen LogP contribution in [0, 0.1) is 12.3 Å². The topological polar surface area (TPSA) is 55.0 Å². The molecule has 4 heteroatoms. The molecule has 0 bridgehead atoms. The van der Waals surface area contributed by atoms with Crippen LogP contribution in [0.3, 0.4) is 0 Å². The highest BCUT2D eigenvalue weighted by Gasteiger charge is 2.26. The van der Waals surface area contributed by atoms with Crippen molar-refractivity contribution in [3.05, 3.63) is 17.5 Å². The van der Waals surface area contributed by atoms with E-state index in [1.54, 1.807) is 0 Å². The van der Waals surface area contributed by atoms with Gasteiger partial charge in [0, 0.05) is 37.1 Å². The van der Waals surface area contributed by atoms with E-state index in [2.05, 4.69) is 28.7 Å². The summed E-state index contributed by atoms with van der Waals surface area (Å²) in [6, 6.07) is 0. The van der Waals surface area contributed by atoms with E-state index in [4.69, 9.17) is 5.73 Å². The molecular weight excluding hydrogens is 212 g/mol. The molecule has 1 saturated heterocycles. The lowest BCUT2D eigenvalue weighted by molar-refractivity contribution is 0.278. The summed E-state index contributed by atoms with van der Waals surface area (Å²) in [7, 11) is 0. The molecule has 1 aromatic rings. The van der Waals surface area contributed by atoms with Crippen molar-refractivity contribution < 1.29 is 0 Å². The first-order valence-electron chi connectivity index (χ1n) is 6.29. The SMILES string of the molecule is Cc1nc(N2CCC(C)(C)CC2)ncc1CN. The summed E-state index contributed by atoms with van der Waals surface area (Å²) >= 11 is 0. The molecule has 94 valence electrons. The van der Waals surface area contributed by atoms with Crippen LogP contribution in [-0.4, -0.2) is 23.1 Å². The molecule has 0 saturated carbocycles. The number of aromatic nitrogens is 2. The molecule has 0 radical (unpaired) electrons. The van der Waals surface area contributed by atoms with E-state index in [0.29, 0.717) is 12.0 Å². The van der Waals surface area contributed by atoms with E-state index in [1.807, 2.05) is 13.1 Å². The number of nitrogens with zero attached hydrogens (tertiary/aromatic N) is 3. The van der Waals surface area contributed by atoms with Crippen molar-refractivity contribution in [3.8, 4) is 0 Å². The smallest absolute Gasteiger partial charge is 0.225 e. The van der Waals surface area contributed by atoms with Gasteiger partial charge in [-0.3, -0.25) is 0 Å². The molecular formula is C13H22N4. The van der Waals surface area contributed by atoms with Gasteiger partial charge in [-0.2, -0.15) is 0 Å². The van der Waals surface area contributed by atoms with E-state index in [-0.39, 0.29) is 0 Å². The van der Waals surface area contributed by atoms with E-state index < -0.39 is 0 Å². The van der Waals surface area contributed by atoms with Crippen LogP contribution in [0.25, 0.3) is 0 Å². The van der Waals surface area contributed by atoms with Gasteiger partial charge >= 0.3 is 0 Å². The second-order valence-corrected chi connectivity index (χ2v) is 5.64. The third-order valence-electron chi connectivity index (χ3n) is 3.69. The molecule has 2 N–H and O–H groups in total. The van der Waals surface area contributed by atoms with Gasteiger partial charge < -0.3 is 10.6 Å². The van der Waals surface area contributed by atoms with E-state index >= 15 is 0 Å². The molecule has 0 amide bonds. The standard InChI is InChI=1S/C13H22N4/c1-10-11(8-14)9-15-12(16-10)17-6-4-13(2,3)5-7-17/h9H,4-8,14H2,1-3H3. The summed E-state index contributed by atoms with van der Waals surface area (Å²) in [6.45, 7) is 9.27. The minimum absolute atomic E-state index is 0.461. The van der Waals surface area contributed by atoms with Crippen LogP contribution < -0.4 is 10.6 Å². The lowest BCUT2D eigenvalue weighted by Crippen LogP contribution is -2.38. The second-order valence-electron chi connectivity index (χ2n) is 5.64. The molecule has 0 unspecified atom stereocenters. The Kier molecular flexibility index (Phi) is 3.33. The number of hydrogen-bond acceptors (Lipinski definition) is 4. The third kappa shape index (κ3) is 2.75. The van der Waals surface area contributed by atoms with Gasteiger partial charge in [-0.05, 0) is 25.2 Å². The Morgan fingerprint density at radius 3 is 2.53 bits per heavy atom. The predicted octanol–water partition coefficient (Wildman–Crippen LogP) is 1.87. The fourth-order valence-electron chi connectivity index (χ4n) is 2.14. The maximum Gasteiger partial charge on any atom is 0.225 e. The molecule has 17 heavy (non-hydrogen) atoms. The Morgan fingerprint density at radius 1 is 1.35 bits per heavy atom. The van der Waals surface area contributed by atoms with Gasteiger partial charge in [0.15, 0.2) is 0 Å². The van der Waals surface area contributed by atoms with Gasteiger partial charge in [0.25, 0.3) is 0 Å². The zero-order chi connectivity index (χ0) is 12.5. The largest absolute Gasteiger partial charge is 0.341 e. The summed E-state index contributed by atoms with van der Waals surface area (Å²) in [5.74, 6) is 0.857. The van der Waals surface area contributed by atoms with Gasteiger partial charge in [0.1, 0.15) is 0 Å². The molecule has 0 spiro atoms. The highest BCUT2D eigenvalue weighted by Crippen LogP contribution is 2.31. The molecule has 1 aliphatic rings. The van der Waals surface area contributed by atoms with Crippen molar-refractivity contribution in [2.24, 2.45) is 11.1 Å². The zero-order valence-electron chi connectivity index (χ0n) is 11.0. The first-order valence-corrected chi connectivity index (χ1v) is 6.29. The van der Waals surface area contributed by atoms with E-state index in [1.165, 1.54) is 12.8 Å². The molecule has 1 aliphatic heterocycles. The lowest BCUT2D eigenvalue weighted by Gasteiger charge is -2.37. The molecule has 4 nitrogen and oxygen atoms in total. The number of hydrogen-bond donors (Lipinski definition) is 1. The maximum atomic E-state index is 5.62. The van der Waals surface area contributed by atoms with Crippen molar-refractivity contribution in [1.82, 2.24) is 9.97 Å². The predicted molar refractivity (Wildman–Crippen MR) is 69.9 cm³/mol.